The molecule has 0 radical (unpaired) electrons. The van der Waals surface area contributed by atoms with E-state index in [-0.39, 0.29) is 37.4 Å². The van der Waals surface area contributed by atoms with Gasteiger partial charge in [0, 0.05) is 25.7 Å². The van der Waals surface area contributed by atoms with Gasteiger partial charge in [-0.3, -0.25) is 4.79 Å². The molecule has 0 aromatic carbocycles. The molecule has 0 N–H and O–H groups in total. The van der Waals surface area contributed by atoms with E-state index in [1.165, 1.54) is 0 Å². The molecule has 0 atom stereocenters. The van der Waals surface area contributed by atoms with Crippen molar-refractivity contribution in [2.45, 2.75) is 44.4 Å². The SMILES string of the molecule is N#CC1(C2CCC(F)(F)CC2)CC(=O)C1. The average molecular weight is 213 g/mol. The van der Waals surface area contributed by atoms with Gasteiger partial charge in [-0.05, 0) is 18.8 Å². The molecule has 0 bridgehead atoms. The molecule has 82 valence electrons. The Morgan fingerprint density at radius 1 is 1.27 bits per heavy atom. The molecule has 2 rings (SSSR count). The molecule has 0 aromatic heterocycles. The summed E-state index contributed by atoms with van der Waals surface area (Å²) in [5.41, 5.74) is -0.604. The lowest BCUT2D eigenvalue weighted by Gasteiger charge is -2.43. The normalized spacial score (nSPS) is 29.3. The molecule has 2 aliphatic rings. The van der Waals surface area contributed by atoms with Gasteiger partial charge in [0.2, 0.25) is 5.92 Å². The molecule has 0 aliphatic heterocycles. The maximum absolute atomic E-state index is 12.9. The van der Waals surface area contributed by atoms with Crippen LogP contribution in [0.2, 0.25) is 0 Å². The molecule has 15 heavy (non-hydrogen) atoms. The average Bonchev–Trinajstić information content (AvgIpc) is 2.13. The molecule has 4 heteroatoms. The van der Waals surface area contributed by atoms with Crippen LogP contribution in [0.25, 0.3) is 0 Å². The number of nitriles is 1. The number of Topliss-reactive ketones (excluding diaryl/α,β-unsaturated/α-hetero) is 1. The summed E-state index contributed by atoms with van der Waals surface area (Å²) in [5, 5.41) is 9.05. The van der Waals surface area contributed by atoms with Gasteiger partial charge in [-0.1, -0.05) is 0 Å². The molecule has 0 unspecified atom stereocenters. The van der Waals surface area contributed by atoms with E-state index in [1.54, 1.807) is 0 Å². The highest BCUT2D eigenvalue weighted by molar-refractivity contribution is 5.87. The highest BCUT2D eigenvalue weighted by atomic mass is 19.3. The summed E-state index contributed by atoms with van der Waals surface area (Å²) in [6.45, 7) is 0. The first-order valence-corrected chi connectivity index (χ1v) is 5.28. The Labute approximate surface area is 87.3 Å². The van der Waals surface area contributed by atoms with Crippen molar-refractivity contribution in [1.29, 1.82) is 5.26 Å². The zero-order valence-electron chi connectivity index (χ0n) is 8.43. The second kappa shape index (κ2) is 3.26. The monoisotopic (exact) mass is 213 g/mol. The predicted octanol–water partition coefficient (Wildman–Crippen LogP) is 2.68. The van der Waals surface area contributed by atoms with Crippen LogP contribution in [-0.4, -0.2) is 11.7 Å². The second-order valence-corrected chi connectivity index (χ2v) is 4.79. The largest absolute Gasteiger partial charge is 0.300 e. The van der Waals surface area contributed by atoms with E-state index in [9.17, 15) is 13.6 Å². The predicted molar refractivity (Wildman–Crippen MR) is 49.2 cm³/mol. The molecular formula is C11H13F2NO. The summed E-state index contributed by atoms with van der Waals surface area (Å²) in [6.07, 6.45) is 1.06. The van der Waals surface area contributed by atoms with Crippen LogP contribution in [0.4, 0.5) is 8.78 Å². The number of carbonyl (C=O) groups excluding carboxylic acids is 1. The maximum atomic E-state index is 12.9. The molecule has 2 saturated carbocycles. The molecule has 0 spiro atoms. The van der Waals surface area contributed by atoms with Gasteiger partial charge in [-0.25, -0.2) is 8.78 Å². The van der Waals surface area contributed by atoms with Gasteiger partial charge >= 0.3 is 0 Å². The first kappa shape index (κ1) is 10.5. The zero-order chi connectivity index (χ0) is 11.1. The van der Waals surface area contributed by atoms with E-state index in [4.69, 9.17) is 5.26 Å². The standard InChI is InChI=1S/C11H13F2NO/c12-11(13)3-1-8(2-4-11)10(7-14)5-9(15)6-10/h8H,1-6H2. The highest BCUT2D eigenvalue weighted by Crippen LogP contribution is 2.51. The Balaban J connectivity index is 2.02. The summed E-state index contributed by atoms with van der Waals surface area (Å²) in [7, 11) is 0. The highest BCUT2D eigenvalue weighted by Gasteiger charge is 2.52. The van der Waals surface area contributed by atoms with Crippen molar-refractivity contribution in [2.24, 2.45) is 11.3 Å². The van der Waals surface area contributed by atoms with Crippen LogP contribution in [0.15, 0.2) is 0 Å². The van der Waals surface area contributed by atoms with Crippen LogP contribution < -0.4 is 0 Å². The van der Waals surface area contributed by atoms with Gasteiger partial charge < -0.3 is 0 Å². The van der Waals surface area contributed by atoms with Crippen molar-refractivity contribution in [1.82, 2.24) is 0 Å². The van der Waals surface area contributed by atoms with Crippen LogP contribution in [-0.2, 0) is 4.79 Å². The van der Waals surface area contributed by atoms with Gasteiger partial charge in [-0.15, -0.1) is 0 Å². The van der Waals surface area contributed by atoms with Crippen molar-refractivity contribution in [3.63, 3.8) is 0 Å². The number of carbonyl (C=O) groups is 1. The first-order chi connectivity index (χ1) is 6.97. The van der Waals surface area contributed by atoms with Gasteiger partial charge in [-0.2, -0.15) is 5.26 Å². The molecule has 0 aromatic rings. The first-order valence-electron chi connectivity index (χ1n) is 5.28. The quantitative estimate of drug-likeness (QED) is 0.671. The van der Waals surface area contributed by atoms with E-state index in [0.717, 1.165) is 0 Å². The molecule has 0 saturated heterocycles. The van der Waals surface area contributed by atoms with Gasteiger partial charge in [0.25, 0.3) is 0 Å². The van der Waals surface area contributed by atoms with Crippen LogP contribution in [0.1, 0.15) is 38.5 Å². The van der Waals surface area contributed by atoms with E-state index in [2.05, 4.69) is 6.07 Å². The topological polar surface area (TPSA) is 40.9 Å². The number of nitrogens with zero attached hydrogens (tertiary/aromatic N) is 1. The Morgan fingerprint density at radius 3 is 2.20 bits per heavy atom. The zero-order valence-corrected chi connectivity index (χ0v) is 8.43. The number of halogens is 2. The third-order valence-electron chi connectivity index (χ3n) is 3.75. The Hall–Kier alpha value is -0.980. The smallest absolute Gasteiger partial charge is 0.248 e. The second-order valence-electron chi connectivity index (χ2n) is 4.79. The minimum atomic E-state index is -2.55. The lowest BCUT2D eigenvalue weighted by Crippen LogP contribution is -2.45. The molecule has 0 amide bonds. The van der Waals surface area contributed by atoms with Crippen molar-refractivity contribution < 1.29 is 13.6 Å². The van der Waals surface area contributed by atoms with Crippen LogP contribution >= 0.6 is 0 Å². The van der Waals surface area contributed by atoms with Crippen molar-refractivity contribution in [2.75, 3.05) is 0 Å². The maximum Gasteiger partial charge on any atom is 0.248 e. The molecule has 2 aliphatic carbocycles. The molecule has 0 heterocycles. The molecule has 2 nitrogen and oxygen atoms in total. The summed E-state index contributed by atoms with van der Waals surface area (Å²) in [5.74, 6) is -2.46. The minimum absolute atomic E-state index is 0.000162. The van der Waals surface area contributed by atoms with E-state index < -0.39 is 11.3 Å². The Bertz CT molecular complexity index is 314. The van der Waals surface area contributed by atoms with Crippen molar-refractivity contribution in [3.8, 4) is 6.07 Å². The summed E-state index contributed by atoms with van der Waals surface area (Å²) < 4.78 is 25.8. The van der Waals surface area contributed by atoms with Crippen LogP contribution in [0.3, 0.4) is 0 Å². The number of hydrogen-bond donors (Lipinski definition) is 0. The number of alkyl halides is 2. The summed E-state index contributed by atoms with van der Waals surface area (Å²) in [4.78, 5) is 10.9. The number of hydrogen-bond acceptors (Lipinski definition) is 2. The fraction of sp³-hybridized carbons (Fsp3) is 0.818. The molecular weight excluding hydrogens is 200 g/mol. The van der Waals surface area contributed by atoms with E-state index >= 15 is 0 Å². The van der Waals surface area contributed by atoms with E-state index in [0.29, 0.717) is 12.8 Å². The van der Waals surface area contributed by atoms with Crippen LogP contribution in [0, 0.1) is 22.7 Å². The molecule has 2 fully saturated rings. The lowest BCUT2D eigenvalue weighted by molar-refractivity contribution is -0.135. The third kappa shape index (κ3) is 1.75. The minimum Gasteiger partial charge on any atom is -0.300 e. The number of ketones is 1. The summed E-state index contributed by atoms with van der Waals surface area (Å²) >= 11 is 0. The van der Waals surface area contributed by atoms with Gasteiger partial charge in [0.15, 0.2) is 0 Å². The lowest BCUT2D eigenvalue weighted by atomic mass is 9.57. The fourth-order valence-electron chi connectivity index (χ4n) is 2.70. The number of rotatable bonds is 1. The van der Waals surface area contributed by atoms with Crippen molar-refractivity contribution >= 4 is 5.78 Å². The van der Waals surface area contributed by atoms with E-state index in [1.807, 2.05) is 0 Å². The van der Waals surface area contributed by atoms with Crippen LogP contribution in [0.5, 0.6) is 0 Å². The Morgan fingerprint density at radius 2 is 1.80 bits per heavy atom. The fourth-order valence-corrected chi connectivity index (χ4v) is 2.70. The Kier molecular flexibility index (Phi) is 2.29. The summed E-state index contributed by atoms with van der Waals surface area (Å²) in [6, 6.07) is 2.18. The van der Waals surface area contributed by atoms with Gasteiger partial charge in [0.05, 0.1) is 11.5 Å². The van der Waals surface area contributed by atoms with Crippen molar-refractivity contribution in [3.05, 3.63) is 0 Å². The van der Waals surface area contributed by atoms with Gasteiger partial charge in [0.1, 0.15) is 5.78 Å². The third-order valence-corrected chi connectivity index (χ3v) is 3.75.